The van der Waals surface area contributed by atoms with Gasteiger partial charge in [-0.1, -0.05) is 0 Å². The molecule has 1 fully saturated rings. The second-order valence-corrected chi connectivity index (χ2v) is 6.04. The van der Waals surface area contributed by atoms with Crippen LogP contribution in [0.4, 0.5) is 0 Å². The Bertz CT molecular complexity index is 362. The summed E-state index contributed by atoms with van der Waals surface area (Å²) in [5.41, 5.74) is 1.18. The van der Waals surface area contributed by atoms with Gasteiger partial charge in [0, 0.05) is 13.6 Å². The van der Waals surface area contributed by atoms with Gasteiger partial charge in [-0.3, -0.25) is 4.79 Å². The quantitative estimate of drug-likeness (QED) is 0.920. The zero-order valence-electron chi connectivity index (χ0n) is 8.50. The summed E-state index contributed by atoms with van der Waals surface area (Å²) in [6.45, 7) is 1.66. The monoisotopic (exact) mass is 288 g/mol. The first kappa shape index (κ1) is 11.1. The number of halogens is 1. The number of amides is 1. The maximum atomic E-state index is 11.8. The van der Waals surface area contributed by atoms with Crippen molar-refractivity contribution in [2.45, 2.75) is 19.0 Å². The molecule has 82 valence electrons. The van der Waals surface area contributed by atoms with Gasteiger partial charge in [-0.05, 0) is 45.9 Å². The molecule has 0 spiro atoms. The molecule has 1 amide bonds. The molecule has 1 N–H and O–H groups in total. The SMILES string of the molecule is CN(Cc1csc(Br)c1)C(=O)[C@H]1CCN1. The average Bonchev–Trinajstić information content (AvgIpc) is 2.48. The van der Waals surface area contributed by atoms with Crippen LogP contribution >= 0.6 is 27.3 Å². The second-order valence-electron chi connectivity index (χ2n) is 3.75. The van der Waals surface area contributed by atoms with Crippen molar-refractivity contribution in [3.63, 3.8) is 0 Å². The Morgan fingerprint density at radius 1 is 1.80 bits per heavy atom. The predicted octanol–water partition coefficient (Wildman–Crippen LogP) is 1.83. The summed E-state index contributed by atoms with van der Waals surface area (Å²) >= 11 is 5.06. The number of carbonyl (C=O) groups excluding carboxylic acids is 1. The van der Waals surface area contributed by atoms with Gasteiger partial charge in [0.1, 0.15) is 0 Å². The highest BCUT2D eigenvalue weighted by Crippen LogP contribution is 2.21. The topological polar surface area (TPSA) is 32.3 Å². The maximum Gasteiger partial charge on any atom is 0.239 e. The molecule has 1 aliphatic rings. The van der Waals surface area contributed by atoms with Gasteiger partial charge in [0.25, 0.3) is 0 Å². The Balaban J connectivity index is 1.91. The van der Waals surface area contributed by atoms with E-state index in [2.05, 4.69) is 32.7 Å². The fourth-order valence-corrected chi connectivity index (χ4v) is 2.75. The molecule has 3 nitrogen and oxygen atoms in total. The number of nitrogens with one attached hydrogen (secondary N) is 1. The average molecular weight is 289 g/mol. The fourth-order valence-electron chi connectivity index (χ4n) is 1.55. The Morgan fingerprint density at radius 2 is 2.53 bits per heavy atom. The van der Waals surface area contributed by atoms with Crippen LogP contribution in [0.2, 0.25) is 0 Å². The molecule has 5 heteroatoms. The molecular weight excluding hydrogens is 276 g/mol. The zero-order chi connectivity index (χ0) is 10.8. The molecule has 0 bridgehead atoms. The summed E-state index contributed by atoms with van der Waals surface area (Å²) in [4.78, 5) is 13.6. The van der Waals surface area contributed by atoms with Gasteiger partial charge in [0.2, 0.25) is 5.91 Å². The molecule has 0 aromatic carbocycles. The lowest BCUT2D eigenvalue weighted by molar-refractivity contribution is -0.134. The third kappa shape index (κ3) is 2.59. The van der Waals surface area contributed by atoms with E-state index in [0.717, 1.165) is 16.8 Å². The van der Waals surface area contributed by atoms with Crippen LogP contribution in [0.5, 0.6) is 0 Å². The summed E-state index contributed by atoms with van der Waals surface area (Å²) < 4.78 is 1.11. The third-order valence-corrected chi connectivity index (χ3v) is 4.09. The van der Waals surface area contributed by atoms with Crippen molar-refractivity contribution in [3.05, 3.63) is 20.8 Å². The molecule has 2 rings (SSSR count). The molecule has 0 unspecified atom stereocenters. The largest absolute Gasteiger partial charge is 0.340 e. The normalized spacial score (nSPS) is 19.7. The van der Waals surface area contributed by atoms with Gasteiger partial charge in [0.15, 0.2) is 0 Å². The van der Waals surface area contributed by atoms with Gasteiger partial charge < -0.3 is 10.2 Å². The van der Waals surface area contributed by atoms with E-state index >= 15 is 0 Å². The van der Waals surface area contributed by atoms with E-state index < -0.39 is 0 Å². The highest BCUT2D eigenvalue weighted by molar-refractivity contribution is 9.11. The van der Waals surface area contributed by atoms with E-state index in [1.165, 1.54) is 5.56 Å². The number of thiophene rings is 1. The summed E-state index contributed by atoms with van der Waals surface area (Å²) in [5.74, 6) is 0.198. The molecule has 1 aliphatic heterocycles. The predicted molar refractivity (Wildman–Crippen MR) is 64.9 cm³/mol. The van der Waals surface area contributed by atoms with Gasteiger partial charge in [-0.2, -0.15) is 0 Å². The van der Waals surface area contributed by atoms with Crippen molar-refractivity contribution in [2.75, 3.05) is 13.6 Å². The molecule has 1 atom stereocenters. The van der Waals surface area contributed by atoms with Gasteiger partial charge in [-0.25, -0.2) is 0 Å². The minimum absolute atomic E-state index is 0.0528. The van der Waals surface area contributed by atoms with Crippen LogP contribution in [-0.4, -0.2) is 30.4 Å². The summed E-state index contributed by atoms with van der Waals surface area (Å²) in [5, 5.41) is 5.19. The third-order valence-electron chi connectivity index (χ3n) is 2.54. The number of likely N-dealkylation sites (N-methyl/N-ethyl adjacent to an activating group) is 1. The number of nitrogens with zero attached hydrogens (tertiary/aromatic N) is 1. The first-order valence-electron chi connectivity index (χ1n) is 4.88. The van der Waals surface area contributed by atoms with Crippen molar-refractivity contribution >= 4 is 33.2 Å². The van der Waals surface area contributed by atoms with Gasteiger partial charge >= 0.3 is 0 Å². The van der Waals surface area contributed by atoms with Crippen molar-refractivity contribution in [1.82, 2.24) is 10.2 Å². The van der Waals surface area contributed by atoms with E-state index in [1.807, 2.05) is 7.05 Å². The second kappa shape index (κ2) is 4.63. The van der Waals surface area contributed by atoms with Crippen LogP contribution in [-0.2, 0) is 11.3 Å². The Labute approximate surface area is 102 Å². The van der Waals surface area contributed by atoms with Crippen LogP contribution in [0.25, 0.3) is 0 Å². The van der Waals surface area contributed by atoms with Gasteiger partial charge in [-0.15, -0.1) is 11.3 Å². The van der Waals surface area contributed by atoms with E-state index in [9.17, 15) is 4.79 Å². The van der Waals surface area contributed by atoms with E-state index in [0.29, 0.717) is 6.54 Å². The smallest absolute Gasteiger partial charge is 0.239 e. The first-order chi connectivity index (χ1) is 7.16. The Kier molecular flexibility index (Phi) is 3.43. The van der Waals surface area contributed by atoms with Gasteiger partial charge in [0.05, 0.1) is 9.83 Å². The van der Waals surface area contributed by atoms with E-state index in [-0.39, 0.29) is 11.9 Å². The summed E-state index contributed by atoms with van der Waals surface area (Å²) in [7, 11) is 1.86. The fraction of sp³-hybridized carbons (Fsp3) is 0.500. The lowest BCUT2D eigenvalue weighted by Gasteiger charge is -2.30. The number of hydrogen-bond donors (Lipinski definition) is 1. The molecule has 1 aromatic rings. The van der Waals surface area contributed by atoms with Crippen LogP contribution in [0.3, 0.4) is 0 Å². The maximum absolute atomic E-state index is 11.8. The standard InChI is InChI=1S/C10H13BrN2OS/c1-13(10(14)8-2-3-12-8)5-7-4-9(11)15-6-7/h4,6,8,12H,2-3,5H2,1H3/t8-/m1/s1. The van der Waals surface area contributed by atoms with Crippen molar-refractivity contribution in [1.29, 1.82) is 0 Å². The zero-order valence-corrected chi connectivity index (χ0v) is 10.9. The lowest BCUT2D eigenvalue weighted by Crippen LogP contribution is -2.53. The minimum Gasteiger partial charge on any atom is -0.340 e. The lowest BCUT2D eigenvalue weighted by atomic mass is 10.1. The number of hydrogen-bond acceptors (Lipinski definition) is 3. The van der Waals surface area contributed by atoms with Crippen molar-refractivity contribution in [3.8, 4) is 0 Å². The highest BCUT2D eigenvalue weighted by atomic mass is 79.9. The number of carbonyl (C=O) groups is 1. The van der Waals surface area contributed by atoms with E-state index in [1.54, 1.807) is 16.2 Å². The minimum atomic E-state index is 0.0528. The molecule has 2 heterocycles. The number of rotatable bonds is 3. The molecule has 0 saturated carbocycles. The van der Waals surface area contributed by atoms with Crippen LogP contribution < -0.4 is 5.32 Å². The Hall–Kier alpha value is -0.390. The van der Waals surface area contributed by atoms with Crippen LogP contribution in [0, 0.1) is 0 Å². The molecular formula is C10H13BrN2OS. The molecule has 1 aromatic heterocycles. The van der Waals surface area contributed by atoms with Crippen molar-refractivity contribution < 1.29 is 4.79 Å². The van der Waals surface area contributed by atoms with Crippen molar-refractivity contribution in [2.24, 2.45) is 0 Å². The molecule has 0 aliphatic carbocycles. The first-order valence-corrected chi connectivity index (χ1v) is 6.55. The summed E-state index contributed by atoms with van der Waals surface area (Å²) in [6.07, 6.45) is 0.969. The van der Waals surface area contributed by atoms with Crippen LogP contribution in [0.1, 0.15) is 12.0 Å². The summed E-state index contributed by atoms with van der Waals surface area (Å²) in [6, 6.07) is 2.11. The highest BCUT2D eigenvalue weighted by Gasteiger charge is 2.27. The molecule has 0 radical (unpaired) electrons. The molecule has 15 heavy (non-hydrogen) atoms. The van der Waals surface area contributed by atoms with Crippen LogP contribution in [0.15, 0.2) is 15.2 Å². The van der Waals surface area contributed by atoms with E-state index in [4.69, 9.17) is 0 Å². The Morgan fingerprint density at radius 3 is 3.00 bits per heavy atom. The molecule has 1 saturated heterocycles.